The first kappa shape index (κ1) is 18.0. The maximum Gasteiger partial charge on any atom is 0.412 e. The second-order valence-electron chi connectivity index (χ2n) is 6.74. The molecular formula is C20H26N2O2. The molecule has 0 aliphatic rings. The van der Waals surface area contributed by atoms with Gasteiger partial charge >= 0.3 is 6.09 Å². The molecular weight excluding hydrogens is 300 g/mol. The van der Waals surface area contributed by atoms with Gasteiger partial charge in [-0.1, -0.05) is 48.5 Å². The molecule has 1 amide bonds. The monoisotopic (exact) mass is 326 g/mol. The van der Waals surface area contributed by atoms with Crippen LogP contribution in [0, 0.1) is 0 Å². The molecule has 4 heteroatoms. The number of anilines is 1. The van der Waals surface area contributed by atoms with Crippen molar-refractivity contribution in [3.05, 3.63) is 65.7 Å². The van der Waals surface area contributed by atoms with Crippen LogP contribution >= 0.6 is 0 Å². The van der Waals surface area contributed by atoms with E-state index in [9.17, 15) is 4.79 Å². The molecule has 1 atom stereocenters. The van der Waals surface area contributed by atoms with E-state index in [1.54, 1.807) is 0 Å². The number of hydrogen-bond acceptors (Lipinski definition) is 3. The van der Waals surface area contributed by atoms with Crippen LogP contribution in [0.1, 0.15) is 37.9 Å². The number of para-hydroxylation sites is 1. The zero-order chi connectivity index (χ0) is 17.6. The van der Waals surface area contributed by atoms with Gasteiger partial charge in [-0.05, 0) is 51.4 Å². The zero-order valence-corrected chi connectivity index (χ0v) is 14.8. The fourth-order valence-electron chi connectivity index (χ4n) is 2.53. The van der Waals surface area contributed by atoms with Crippen molar-refractivity contribution in [1.29, 1.82) is 0 Å². The normalized spacial score (nSPS) is 12.5. The maximum atomic E-state index is 12.1. The molecule has 0 spiro atoms. The van der Waals surface area contributed by atoms with Crippen molar-refractivity contribution >= 4 is 11.8 Å². The van der Waals surface area contributed by atoms with E-state index in [0.717, 1.165) is 17.7 Å². The number of benzene rings is 2. The second kappa shape index (κ2) is 7.97. The van der Waals surface area contributed by atoms with Gasteiger partial charge in [0.15, 0.2) is 0 Å². The maximum absolute atomic E-state index is 12.1. The summed E-state index contributed by atoms with van der Waals surface area (Å²) in [5.41, 5.74) is 2.54. The lowest BCUT2D eigenvalue weighted by atomic mass is 9.98. The van der Waals surface area contributed by atoms with Crippen LogP contribution < -0.4 is 10.6 Å². The van der Waals surface area contributed by atoms with Gasteiger partial charge in [-0.3, -0.25) is 5.32 Å². The fourth-order valence-corrected chi connectivity index (χ4v) is 2.53. The Morgan fingerprint density at radius 1 is 1.04 bits per heavy atom. The quantitative estimate of drug-likeness (QED) is 0.848. The van der Waals surface area contributed by atoms with Gasteiger partial charge in [0.25, 0.3) is 0 Å². The molecule has 0 saturated heterocycles. The molecule has 0 aliphatic heterocycles. The minimum atomic E-state index is -0.517. The Kier molecular flexibility index (Phi) is 5.99. The highest BCUT2D eigenvalue weighted by Crippen LogP contribution is 2.24. The predicted octanol–water partition coefficient (Wildman–Crippen LogP) is 4.54. The third kappa shape index (κ3) is 5.39. The Bertz CT molecular complexity index is 663. The molecule has 128 valence electrons. The number of ether oxygens (including phenoxy) is 1. The van der Waals surface area contributed by atoms with E-state index >= 15 is 0 Å². The average molecular weight is 326 g/mol. The molecule has 2 rings (SSSR count). The molecule has 2 N–H and O–H groups in total. The van der Waals surface area contributed by atoms with Crippen LogP contribution in [0.25, 0.3) is 0 Å². The number of likely N-dealkylation sites (N-methyl/N-ethyl adjacent to an activating group) is 1. The number of carbonyl (C=O) groups excluding carboxylic acids is 1. The van der Waals surface area contributed by atoms with Crippen molar-refractivity contribution in [3.8, 4) is 0 Å². The highest BCUT2D eigenvalue weighted by atomic mass is 16.6. The first-order valence-corrected chi connectivity index (χ1v) is 8.19. The van der Waals surface area contributed by atoms with E-state index < -0.39 is 11.7 Å². The Labute approximate surface area is 144 Å². The van der Waals surface area contributed by atoms with Crippen LogP contribution in [0.4, 0.5) is 10.5 Å². The summed E-state index contributed by atoms with van der Waals surface area (Å²) in [5, 5.41) is 6.20. The van der Waals surface area contributed by atoms with Gasteiger partial charge in [-0.15, -0.1) is 0 Å². The Hall–Kier alpha value is -2.33. The third-order valence-electron chi connectivity index (χ3n) is 3.63. The molecule has 2 aromatic carbocycles. The van der Waals surface area contributed by atoms with E-state index in [1.807, 2.05) is 70.3 Å². The highest BCUT2D eigenvalue weighted by Gasteiger charge is 2.18. The van der Waals surface area contributed by atoms with Gasteiger partial charge in [0.1, 0.15) is 5.60 Å². The molecule has 2 aromatic rings. The second-order valence-corrected chi connectivity index (χ2v) is 6.74. The largest absolute Gasteiger partial charge is 0.444 e. The Balaban J connectivity index is 2.15. The van der Waals surface area contributed by atoms with Crippen LogP contribution in [0.5, 0.6) is 0 Å². The van der Waals surface area contributed by atoms with Crippen LogP contribution in [-0.2, 0) is 11.2 Å². The van der Waals surface area contributed by atoms with E-state index in [2.05, 4.69) is 22.8 Å². The first-order valence-electron chi connectivity index (χ1n) is 8.19. The molecule has 0 bridgehead atoms. The van der Waals surface area contributed by atoms with Gasteiger partial charge in [0, 0.05) is 11.7 Å². The molecule has 0 saturated carbocycles. The van der Waals surface area contributed by atoms with Crippen molar-refractivity contribution in [1.82, 2.24) is 5.32 Å². The van der Waals surface area contributed by atoms with Gasteiger partial charge in [-0.25, -0.2) is 4.79 Å². The van der Waals surface area contributed by atoms with E-state index in [1.165, 1.54) is 5.56 Å². The zero-order valence-electron chi connectivity index (χ0n) is 14.8. The standard InChI is InChI=1S/C20H26N2O2/c1-20(2,3)24-19(23)22-17-13-9-8-12-16(17)14-18(21-4)15-10-6-5-7-11-15/h5-13,18,21H,14H2,1-4H3,(H,22,23). The van der Waals surface area contributed by atoms with E-state index in [4.69, 9.17) is 4.74 Å². The van der Waals surface area contributed by atoms with Gasteiger partial charge in [0.2, 0.25) is 0 Å². The number of hydrogen-bond donors (Lipinski definition) is 2. The SMILES string of the molecule is CNC(Cc1ccccc1NC(=O)OC(C)(C)C)c1ccccc1. The number of carbonyl (C=O) groups is 1. The minimum Gasteiger partial charge on any atom is -0.444 e. The van der Waals surface area contributed by atoms with Crippen LogP contribution in [0.3, 0.4) is 0 Å². The summed E-state index contributed by atoms with van der Waals surface area (Å²) in [7, 11) is 1.95. The average Bonchev–Trinajstić information content (AvgIpc) is 2.53. The summed E-state index contributed by atoms with van der Waals surface area (Å²) in [5.74, 6) is 0. The van der Waals surface area contributed by atoms with Crippen LogP contribution in [0.15, 0.2) is 54.6 Å². The van der Waals surface area contributed by atoms with Gasteiger partial charge in [-0.2, -0.15) is 0 Å². The summed E-state index contributed by atoms with van der Waals surface area (Å²) in [4.78, 5) is 12.1. The predicted molar refractivity (Wildman–Crippen MR) is 98.2 cm³/mol. The summed E-state index contributed by atoms with van der Waals surface area (Å²) in [6.07, 6.45) is 0.336. The molecule has 0 aromatic heterocycles. The summed E-state index contributed by atoms with van der Waals surface area (Å²) in [6.45, 7) is 5.56. The van der Waals surface area contributed by atoms with E-state index in [-0.39, 0.29) is 6.04 Å². The van der Waals surface area contributed by atoms with Gasteiger partial charge < -0.3 is 10.1 Å². The fraction of sp³-hybridized carbons (Fsp3) is 0.350. The highest BCUT2D eigenvalue weighted by molar-refractivity contribution is 5.86. The minimum absolute atomic E-state index is 0.174. The lowest BCUT2D eigenvalue weighted by Crippen LogP contribution is -2.27. The lowest BCUT2D eigenvalue weighted by molar-refractivity contribution is 0.0636. The molecule has 24 heavy (non-hydrogen) atoms. The summed E-state index contributed by atoms with van der Waals surface area (Å²) >= 11 is 0. The van der Waals surface area contributed by atoms with Crippen molar-refractivity contribution in [2.45, 2.75) is 38.8 Å². The number of nitrogens with one attached hydrogen (secondary N) is 2. The van der Waals surface area contributed by atoms with Crippen molar-refractivity contribution in [2.75, 3.05) is 12.4 Å². The van der Waals surface area contributed by atoms with Crippen molar-refractivity contribution in [3.63, 3.8) is 0 Å². The lowest BCUT2D eigenvalue weighted by Gasteiger charge is -2.22. The smallest absolute Gasteiger partial charge is 0.412 e. The van der Waals surface area contributed by atoms with Crippen LogP contribution in [-0.4, -0.2) is 18.7 Å². The summed E-state index contributed by atoms with van der Waals surface area (Å²) < 4.78 is 5.35. The van der Waals surface area contributed by atoms with Crippen molar-refractivity contribution in [2.24, 2.45) is 0 Å². The Morgan fingerprint density at radius 3 is 2.29 bits per heavy atom. The summed E-state index contributed by atoms with van der Waals surface area (Å²) in [6, 6.07) is 18.3. The van der Waals surface area contributed by atoms with Crippen LogP contribution in [0.2, 0.25) is 0 Å². The molecule has 0 radical (unpaired) electrons. The van der Waals surface area contributed by atoms with E-state index in [0.29, 0.717) is 0 Å². The molecule has 1 unspecified atom stereocenters. The number of rotatable bonds is 5. The molecule has 0 fully saturated rings. The third-order valence-corrected chi connectivity index (χ3v) is 3.63. The molecule has 0 aliphatic carbocycles. The van der Waals surface area contributed by atoms with Crippen molar-refractivity contribution < 1.29 is 9.53 Å². The first-order chi connectivity index (χ1) is 11.4. The topological polar surface area (TPSA) is 50.4 Å². The number of amides is 1. The molecule has 0 heterocycles. The Morgan fingerprint density at radius 2 is 1.67 bits per heavy atom. The molecule has 4 nitrogen and oxygen atoms in total. The van der Waals surface area contributed by atoms with Gasteiger partial charge in [0.05, 0.1) is 0 Å².